The van der Waals surface area contributed by atoms with E-state index in [1.165, 1.54) is 25.9 Å². The standard InChI is InChI=1S/C38H67N7O10/c1-11-12-13-14-30(48)44-38(8,9)37(54)45-20-24(46)19-28(45)34(51)41-26(17-21(2)3)33(50)43-31(23(6)7)35(52)40-25(15-16-29(39)47)32(49)42-27(18-22(4)5)36(53)55-10/h21-28,31,46H,11-20H2,1-10H3,(H2,39,47)(H,40,52)(H,41,51)(H,42,49)(H,43,50)(H,44,48)/t24-,25-,26-,27-,28-,31-/m0/s1. The molecule has 6 atom stereocenters. The van der Waals surface area contributed by atoms with E-state index in [0.717, 1.165) is 12.8 Å². The molecule has 55 heavy (non-hydrogen) atoms. The third-order valence-corrected chi connectivity index (χ3v) is 9.25. The van der Waals surface area contributed by atoms with E-state index in [9.17, 15) is 43.5 Å². The minimum Gasteiger partial charge on any atom is -0.467 e. The van der Waals surface area contributed by atoms with Gasteiger partial charge in [-0.3, -0.25) is 33.6 Å². The van der Waals surface area contributed by atoms with Gasteiger partial charge in [-0.05, 0) is 57.3 Å². The topological polar surface area (TPSA) is 255 Å². The van der Waals surface area contributed by atoms with Crippen LogP contribution in [0.5, 0.6) is 0 Å². The number of unbranched alkanes of at least 4 members (excludes halogenated alkanes) is 2. The lowest BCUT2D eigenvalue weighted by Gasteiger charge is -2.34. The summed E-state index contributed by atoms with van der Waals surface area (Å²) >= 11 is 0. The number of carbonyl (C=O) groups is 8. The Bertz CT molecular complexity index is 1350. The molecule has 0 bridgehead atoms. The number of likely N-dealkylation sites (tertiary alicyclic amines) is 1. The SMILES string of the molecule is CCCCCC(=O)NC(C)(C)C(=O)N1C[C@@H](O)C[C@H]1C(=O)N[C@@H](CC(C)C)C(=O)N[C@H](C(=O)N[C@@H](CCC(N)=O)C(=O)N[C@@H](CC(C)C)C(=O)OC)C(C)C. The average Bonchev–Trinajstić information content (AvgIpc) is 3.47. The largest absolute Gasteiger partial charge is 0.467 e. The van der Waals surface area contributed by atoms with Crippen molar-refractivity contribution in [3.8, 4) is 0 Å². The predicted molar refractivity (Wildman–Crippen MR) is 204 cm³/mol. The number of primary amides is 1. The Morgan fingerprint density at radius 3 is 1.89 bits per heavy atom. The van der Waals surface area contributed by atoms with Gasteiger partial charge in [-0.2, -0.15) is 0 Å². The summed E-state index contributed by atoms with van der Waals surface area (Å²) in [6.07, 6.45) is 1.55. The van der Waals surface area contributed by atoms with Crippen LogP contribution in [0.4, 0.5) is 0 Å². The maximum absolute atomic E-state index is 13.8. The van der Waals surface area contributed by atoms with Gasteiger partial charge in [0.15, 0.2) is 0 Å². The number of nitrogens with one attached hydrogen (secondary N) is 5. The normalized spacial score (nSPS) is 17.9. The highest BCUT2D eigenvalue weighted by Crippen LogP contribution is 2.23. The van der Waals surface area contributed by atoms with Gasteiger partial charge in [0.1, 0.15) is 35.7 Å². The molecular formula is C38H67N7O10. The molecule has 1 saturated heterocycles. The first-order valence-corrected chi connectivity index (χ1v) is 19.4. The molecule has 8 N–H and O–H groups in total. The van der Waals surface area contributed by atoms with E-state index in [2.05, 4.69) is 26.6 Å². The Morgan fingerprint density at radius 2 is 1.36 bits per heavy atom. The summed E-state index contributed by atoms with van der Waals surface area (Å²) in [5.74, 6) is -5.77. The molecule has 0 aromatic carbocycles. The third-order valence-electron chi connectivity index (χ3n) is 9.25. The number of carbonyl (C=O) groups excluding carboxylic acids is 8. The van der Waals surface area contributed by atoms with Crippen LogP contribution in [0.3, 0.4) is 0 Å². The van der Waals surface area contributed by atoms with Crippen molar-refractivity contribution in [1.82, 2.24) is 31.5 Å². The quantitative estimate of drug-likeness (QED) is 0.0560. The fourth-order valence-electron chi connectivity index (χ4n) is 6.32. The van der Waals surface area contributed by atoms with Crippen molar-refractivity contribution in [2.45, 2.75) is 162 Å². The van der Waals surface area contributed by atoms with Crippen LogP contribution in [0.15, 0.2) is 0 Å². The van der Waals surface area contributed by atoms with E-state index in [0.29, 0.717) is 6.42 Å². The maximum Gasteiger partial charge on any atom is 0.328 e. The lowest BCUT2D eigenvalue weighted by atomic mass is 9.98. The lowest BCUT2D eigenvalue weighted by molar-refractivity contribution is -0.146. The number of nitrogens with two attached hydrogens (primary N) is 1. The van der Waals surface area contributed by atoms with Crippen LogP contribution in [-0.4, -0.2) is 113 Å². The molecule has 1 fully saturated rings. The van der Waals surface area contributed by atoms with Gasteiger partial charge in [0.25, 0.3) is 0 Å². The fraction of sp³-hybridized carbons (Fsp3) is 0.789. The zero-order valence-corrected chi connectivity index (χ0v) is 34.4. The van der Waals surface area contributed by atoms with Gasteiger partial charge < -0.3 is 47.1 Å². The summed E-state index contributed by atoms with van der Waals surface area (Å²) in [7, 11) is 1.18. The maximum atomic E-state index is 13.8. The van der Waals surface area contributed by atoms with Gasteiger partial charge in [-0.15, -0.1) is 0 Å². The van der Waals surface area contributed by atoms with Crippen LogP contribution in [0.2, 0.25) is 0 Å². The Balaban J connectivity index is 3.23. The van der Waals surface area contributed by atoms with Crippen molar-refractivity contribution in [3.63, 3.8) is 0 Å². The summed E-state index contributed by atoms with van der Waals surface area (Å²) in [6, 6.07) is -5.82. The molecule has 17 heteroatoms. The van der Waals surface area contributed by atoms with E-state index in [4.69, 9.17) is 10.5 Å². The molecule has 0 aromatic heterocycles. The van der Waals surface area contributed by atoms with E-state index >= 15 is 0 Å². The second-order valence-electron chi connectivity index (χ2n) is 16.2. The molecule has 1 aliphatic heterocycles. The predicted octanol–water partition coefficient (Wildman–Crippen LogP) is 0.549. The van der Waals surface area contributed by atoms with E-state index in [-0.39, 0.29) is 62.8 Å². The molecule has 0 radical (unpaired) electrons. The average molecular weight is 782 g/mol. The van der Waals surface area contributed by atoms with Crippen molar-refractivity contribution in [1.29, 1.82) is 0 Å². The van der Waals surface area contributed by atoms with Crippen molar-refractivity contribution in [2.24, 2.45) is 23.5 Å². The second-order valence-corrected chi connectivity index (χ2v) is 16.2. The zero-order valence-electron chi connectivity index (χ0n) is 34.4. The molecule has 0 unspecified atom stereocenters. The molecule has 0 saturated carbocycles. The molecule has 1 heterocycles. The summed E-state index contributed by atoms with van der Waals surface area (Å²) < 4.78 is 4.82. The van der Waals surface area contributed by atoms with E-state index in [1.807, 2.05) is 34.6 Å². The third kappa shape index (κ3) is 16.5. The molecule has 7 amide bonds. The molecule has 0 spiro atoms. The molecule has 17 nitrogen and oxygen atoms in total. The number of aliphatic hydroxyl groups excluding tert-OH is 1. The zero-order chi connectivity index (χ0) is 42.2. The summed E-state index contributed by atoms with van der Waals surface area (Å²) in [4.78, 5) is 106. The number of methoxy groups -OCH3 is 1. The van der Waals surface area contributed by atoms with E-state index < -0.39 is 89.2 Å². The van der Waals surface area contributed by atoms with Crippen molar-refractivity contribution in [3.05, 3.63) is 0 Å². The minimum atomic E-state index is -1.38. The van der Waals surface area contributed by atoms with Crippen molar-refractivity contribution >= 4 is 47.3 Å². The van der Waals surface area contributed by atoms with Crippen LogP contribution in [-0.2, 0) is 43.1 Å². The summed E-state index contributed by atoms with van der Waals surface area (Å²) in [5.41, 5.74) is 3.96. The van der Waals surface area contributed by atoms with Crippen LogP contribution in [0.25, 0.3) is 0 Å². The number of aliphatic hydroxyl groups is 1. The highest BCUT2D eigenvalue weighted by molar-refractivity contribution is 5.98. The number of esters is 1. The number of ether oxygens (including phenoxy) is 1. The number of β-amino-alcohol motifs (C(OH)–C–C–N with tert-alkyl or cyclic N) is 1. The van der Waals surface area contributed by atoms with Crippen LogP contribution in [0, 0.1) is 17.8 Å². The number of hydrogen-bond donors (Lipinski definition) is 7. The van der Waals surface area contributed by atoms with Gasteiger partial charge in [0.05, 0.1) is 13.2 Å². The van der Waals surface area contributed by atoms with Crippen LogP contribution in [0.1, 0.15) is 120 Å². The van der Waals surface area contributed by atoms with Crippen molar-refractivity contribution in [2.75, 3.05) is 13.7 Å². The summed E-state index contributed by atoms with van der Waals surface area (Å²) in [5, 5.41) is 23.9. The van der Waals surface area contributed by atoms with Crippen LogP contribution >= 0.6 is 0 Å². The Morgan fingerprint density at radius 1 is 0.800 bits per heavy atom. The smallest absolute Gasteiger partial charge is 0.328 e. The van der Waals surface area contributed by atoms with Gasteiger partial charge in [0, 0.05) is 25.8 Å². The molecule has 1 rings (SSSR count). The molecule has 0 aromatic rings. The molecule has 0 aliphatic carbocycles. The fourth-order valence-corrected chi connectivity index (χ4v) is 6.32. The highest BCUT2D eigenvalue weighted by atomic mass is 16.5. The van der Waals surface area contributed by atoms with Crippen LogP contribution < -0.4 is 32.3 Å². The molecule has 1 aliphatic rings. The molecule has 314 valence electrons. The number of rotatable bonds is 23. The monoisotopic (exact) mass is 781 g/mol. The van der Waals surface area contributed by atoms with E-state index in [1.54, 1.807) is 13.8 Å². The minimum absolute atomic E-state index is 0.00444. The summed E-state index contributed by atoms with van der Waals surface area (Å²) in [6.45, 7) is 15.6. The Hall–Kier alpha value is -4.28. The Labute approximate surface area is 325 Å². The van der Waals surface area contributed by atoms with Gasteiger partial charge >= 0.3 is 5.97 Å². The van der Waals surface area contributed by atoms with Gasteiger partial charge in [-0.1, -0.05) is 61.3 Å². The van der Waals surface area contributed by atoms with Gasteiger partial charge in [0.2, 0.25) is 41.4 Å². The molecular weight excluding hydrogens is 714 g/mol. The first-order valence-electron chi connectivity index (χ1n) is 19.4. The van der Waals surface area contributed by atoms with Crippen molar-refractivity contribution < 1.29 is 48.2 Å². The first kappa shape index (κ1) is 48.7. The lowest BCUT2D eigenvalue weighted by Crippen LogP contribution is -2.61. The number of nitrogens with zero attached hydrogens (tertiary/aromatic N) is 1. The first-order chi connectivity index (χ1) is 25.5. The Kier molecular flexibility index (Phi) is 20.3. The second kappa shape index (κ2) is 22.9. The number of hydrogen-bond acceptors (Lipinski definition) is 10. The highest BCUT2D eigenvalue weighted by Gasteiger charge is 2.45. The van der Waals surface area contributed by atoms with Gasteiger partial charge in [-0.25, -0.2) is 4.79 Å². The number of amides is 7.